The monoisotopic (exact) mass is 374 g/mol. The predicted octanol–water partition coefficient (Wildman–Crippen LogP) is 1.58. The van der Waals surface area contributed by atoms with Gasteiger partial charge in [-0.15, -0.1) is 0 Å². The lowest BCUT2D eigenvalue weighted by Crippen LogP contribution is -2.47. The zero-order chi connectivity index (χ0) is 19.7. The van der Waals surface area contributed by atoms with Crippen molar-refractivity contribution in [3.63, 3.8) is 0 Å². The number of likely N-dealkylation sites (tertiary alicyclic amines) is 1. The highest BCUT2D eigenvalue weighted by Gasteiger charge is 2.30. The number of aromatic nitrogens is 2. The van der Waals surface area contributed by atoms with Gasteiger partial charge in [0.25, 0.3) is 5.91 Å². The number of hydrogen-bond donors (Lipinski definition) is 1. The van der Waals surface area contributed by atoms with Gasteiger partial charge >= 0.3 is 0 Å². The van der Waals surface area contributed by atoms with Crippen molar-refractivity contribution >= 4 is 11.7 Å². The lowest BCUT2D eigenvalue weighted by molar-refractivity contribution is 0.0606. The number of carbonyl (C=O) groups is 1. The standard InChI is InChI=1S/C20H34N6O/c1-13(2)24(5)17-7-10-25(11-8-17)20(27)18-22-15(4)14(3)19(23-18)26-9-6-16(21)12-26/h13,16-17H,6-12,21H2,1-5H3/t16-/m1/s1. The van der Waals surface area contributed by atoms with Crippen molar-refractivity contribution < 1.29 is 4.79 Å². The van der Waals surface area contributed by atoms with E-state index in [0.29, 0.717) is 17.9 Å². The van der Waals surface area contributed by atoms with Crippen LogP contribution in [-0.4, -0.2) is 77.0 Å². The number of amides is 1. The summed E-state index contributed by atoms with van der Waals surface area (Å²) in [5.74, 6) is 1.14. The number of hydrogen-bond acceptors (Lipinski definition) is 6. The van der Waals surface area contributed by atoms with Crippen molar-refractivity contribution in [2.75, 3.05) is 38.1 Å². The van der Waals surface area contributed by atoms with Crippen molar-refractivity contribution in [1.29, 1.82) is 0 Å². The molecule has 3 rings (SSSR count). The number of aryl methyl sites for hydroxylation is 1. The van der Waals surface area contributed by atoms with E-state index in [1.165, 1.54) is 0 Å². The molecule has 2 fully saturated rings. The minimum absolute atomic E-state index is 0.0477. The fourth-order valence-electron chi connectivity index (χ4n) is 4.04. The molecular formula is C20H34N6O. The lowest BCUT2D eigenvalue weighted by Gasteiger charge is -2.38. The maximum atomic E-state index is 13.0. The van der Waals surface area contributed by atoms with Gasteiger partial charge in [-0.25, -0.2) is 9.97 Å². The van der Waals surface area contributed by atoms with Crippen LogP contribution in [0, 0.1) is 13.8 Å². The summed E-state index contributed by atoms with van der Waals surface area (Å²) in [6.45, 7) is 11.6. The van der Waals surface area contributed by atoms with Gasteiger partial charge < -0.3 is 20.4 Å². The number of nitrogens with two attached hydrogens (primary N) is 1. The van der Waals surface area contributed by atoms with Crippen LogP contribution >= 0.6 is 0 Å². The number of piperidine rings is 1. The average molecular weight is 375 g/mol. The molecule has 0 aliphatic carbocycles. The number of anilines is 1. The van der Waals surface area contributed by atoms with Crippen molar-refractivity contribution in [2.24, 2.45) is 5.73 Å². The Morgan fingerprint density at radius 2 is 1.81 bits per heavy atom. The summed E-state index contributed by atoms with van der Waals surface area (Å²) in [5.41, 5.74) is 7.97. The second-order valence-electron chi connectivity index (χ2n) is 8.36. The second kappa shape index (κ2) is 8.10. The Morgan fingerprint density at radius 1 is 1.15 bits per heavy atom. The van der Waals surface area contributed by atoms with Crippen LogP contribution in [0.1, 0.15) is 55.0 Å². The summed E-state index contributed by atoms with van der Waals surface area (Å²) in [5, 5.41) is 0. The molecule has 1 amide bonds. The zero-order valence-corrected chi connectivity index (χ0v) is 17.4. The molecule has 2 saturated heterocycles. The number of nitrogens with zero attached hydrogens (tertiary/aromatic N) is 5. The molecule has 2 aliphatic heterocycles. The van der Waals surface area contributed by atoms with Gasteiger partial charge in [-0.2, -0.15) is 0 Å². The van der Waals surface area contributed by atoms with Crippen LogP contribution in [0.15, 0.2) is 0 Å². The van der Waals surface area contributed by atoms with E-state index in [9.17, 15) is 4.79 Å². The third-order valence-electron chi connectivity index (χ3n) is 6.22. The highest BCUT2D eigenvalue weighted by Crippen LogP contribution is 2.24. The van der Waals surface area contributed by atoms with Crippen LogP contribution < -0.4 is 10.6 Å². The van der Waals surface area contributed by atoms with Crippen LogP contribution in [0.25, 0.3) is 0 Å². The zero-order valence-electron chi connectivity index (χ0n) is 17.4. The van der Waals surface area contributed by atoms with Gasteiger partial charge in [0, 0.05) is 55.6 Å². The molecule has 0 bridgehead atoms. The van der Waals surface area contributed by atoms with Crippen LogP contribution in [0.5, 0.6) is 0 Å². The first kappa shape index (κ1) is 20.0. The van der Waals surface area contributed by atoms with E-state index in [4.69, 9.17) is 5.73 Å². The van der Waals surface area contributed by atoms with E-state index in [-0.39, 0.29) is 11.9 Å². The Hall–Kier alpha value is -1.73. The Morgan fingerprint density at radius 3 is 2.37 bits per heavy atom. The van der Waals surface area contributed by atoms with E-state index < -0.39 is 0 Å². The highest BCUT2D eigenvalue weighted by atomic mass is 16.2. The van der Waals surface area contributed by atoms with Crippen molar-refractivity contribution in [3.8, 4) is 0 Å². The summed E-state index contributed by atoms with van der Waals surface area (Å²) in [6.07, 6.45) is 2.96. The SMILES string of the molecule is Cc1nc(C(=O)N2CCC(N(C)C(C)C)CC2)nc(N2CC[C@@H](N)C2)c1C. The van der Waals surface area contributed by atoms with Gasteiger partial charge in [-0.1, -0.05) is 0 Å². The average Bonchev–Trinajstić information content (AvgIpc) is 3.08. The van der Waals surface area contributed by atoms with Crippen LogP contribution in [0.2, 0.25) is 0 Å². The summed E-state index contributed by atoms with van der Waals surface area (Å²) < 4.78 is 0. The van der Waals surface area contributed by atoms with Gasteiger partial charge in [0.05, 0.1) is 0 Å². The summed E-state index contributed by atoms with van der Waals surface area (Å²) >= 11 is 0. The topological polar surface area (TPSA) is 78.6 Å². The number of rotatable bonds is 4. The van der Waals surface area contributed by atoms with Crippen molar-refractivity contribution in [1.82, 2.24) is 19.8 Å². The molecule has 150 valence electrons. The molecule has 1 atom stereocenters. The Kier molecular flexibility index (Phi) is 6.01. The quantitative estimate of drug-likeness (QED) is 0.862. The van der Waals surface area contributed by atoms with Gasteiger partial charge in [-0.05, 0) is 54.0 Å². The molecule has 2 N–H and O–H groups in total. The van der Waals surface area contributed by atoms with E-state index in [2.05, 4.69) is 40.7 Å². The summed E-state index contributed by atoms with van der Waals surface area (Å²) in [4.78, 5) is 28.7. The first-order valence-electron chi connectivity index (χ1n) is 10.1. The fraction of sp³-hybridized carbons (Fsp3) is 0.750. The van der Waals surface area contributed by atoms with Crippen molar-refractivity contribution in [3.05, 3.63) is 17.1 Å². The normalized spacial score (nSPS) is 21.6. The Bertz CT molecular complexity index is 683. The molecular weight excluding hydrogens is 340 g/mol. The van der Waals surface area contributed by atoms with E-state index in [1.54, 1.807) is 0 Å². The third-order valence-corrected chi connectivity index (χ3v) is 6.22. The van der Waals surface area contributed by atoms with E-state index in [1.807, 2.05) is 18.7 Å². The van der Waals surface area contributed by atoms with Crippen molar-refractivity contribution in [2.45, 2.75) is 65.1 Å². The number of carbonyl (C=O) groups excluding carboxylic acids is 1. The first-order valence-corrected chi connectivity index (χ1v) is 10.1. The molecule has 3 heterocycles. The molecule has 1 aromatic heterocycles. The molecule has 0 unspecified atom stereocenters. The molecule has 2 aliphatic rings. The molecule has 27 heavy (non-hydrogen) atoms. The third kappa shape index (κ3) is 4.24. The second-order valence-corrected chi connectivity index (χ2v) is 8.36. The van der Waals surface area contributed by atoms with Crippen LogP contribution in [0.3, 0.4) is 0 Å². The van der Waals surface area contributed by atoms with E-state index >= 15 is 0 Å². The molecule has 0 saturated carbocycles. The maximum Gasteiger partial charge on any atom is 0.291 e. The Balaban J connectivity index is 1.73. The summed E-state index contributed by atoms with van der Waals surface area (Å²) in [6, 6.07) is 1.24. The smallest absolute Gasteiger partial charge is 0.291 e. The first-order chi connectivity index (χ1) is 12.8. The van der Waals surface area contributed by atoms with E-state index in [0.717, 1.165) is 62.5 Å². The largest absolute Gasteiger partial charge is 0.355 e. The van der Waals surface area contributed by atoms with Crippen LogP contribution in [0.4, 0.5) is 5.82 Å². The van der Waals surface area contributed by atoms with Crippen LogP contribution in [-0.2, 0) is 0 Å². The minimum Gasteiger partial charge on any atom is -0.355 e. The van der Waals surface area contributed by atoms with Gasteiger partial charge in [-0.3, -0.25) is 4.79 Å². The molecule has 0 radical (unpaired) electrons. The van der Waals surface area contributed by atoms with Gasteiger partial charge in [0.1, 0.15) is 5.82 Å². The Labute approximate surface area is 162 Å². The molecule has 0 aromatic carbocycles. The maximum absolute atomic E-state index is 13.0. The summed E-state index contributed by atoms with van der Waals surface area (Å²) in [7, 11) is 2.17. The molecule has 7 heteroatoms. The highest BCUT2D eigenvalue weighted by molar-refractivity contribution is 5.91. The van der Waals surface area contributed by atoms with Gasteiger partial charge in [0.2, 0.25) is 5.82 Å². The minimum atomic E-state index is -0.0477. The fourth-order valence-corrected chi connectivity index (χ4v) is 4.04. The molecule has 7 nitrogen and oxygen atoms in total. The molecule has 1 aromatic rings. The lowest BCUT2D eigenvalue weighted by atomic mass is 10.0. The van der Waals surface area contributed by atoms with Gasteiger partial charge in [0.15, 0.2) is 0 Å². The predicted molar refractivity (Wildman–Crippen MR) is 108 cm³/mol. The molecule has 0 spiro atoms.